The van der Waals surface area contributed by atoms with Crippen LogP contribution in [-0.2, 0) is 6.61 Å². The van der Waals surface area contributed by atoms with Gasteiger partial charge in [-0.2, -0.15) is 0 Å². The van der Waals surface area contributed by atoms with Crippen molar-refractivity contribution in [2.75, 3.05) is 0 Å². The first kappa shape index (κ1) is 11.6. The van der Waals surface area contributed by atoms with Gasteiger partial charge in [0.1, 0.15) is 18.2 Å². The lowest BCUT2D eigenvalue weighted by molar-refractivity contribution is 0.305. The maximum absolute atomic E-state index is 13.0. The van der Waals surface area contributed by atoms with Crippen LogP contribution in [0.2, 0.25) is 0 Å². The molecule has 0 atom stereocenters. The summed E-state index contributed by atoms with van der Waals surface area (Å²) in [5, 5.41) is 0. The first-order chi connectivity index (χ1) is 8.13. The molecule has 0 aromatic heterocycles. The Morgan fingerprint density at radius 3 is 2.35 bits per heavy atom. The van der Waals surface area contributed by atoms with E-state index < -0.39 is 0 Å². The lowest BCUT2D eigenvalue weighted by atomic mass is 10.1. The van der Waals surface area contributed by atoms with E-state index in [0.29, 0.717) is 6.61 Å². The lowest BCUT2D eigenvalue weighted by Gasteiger charge is -2.08. The minimum absolute atomic E-state index is 0.230. The van der Waals surface area contributed by atoms with E-state index in [0.717, 1.165) is 11.3 Å². The van der Waals surface area contributed by atoms with Crippen LogP contribution in [0.15, 0.2) is 42.5 Å². The Bertz CT molecular complexity index is 500. The van der Waals surface area contributed by atoms with Gasteiger partial charge < -0.3 is 4.74 Å². The molecule has 0 aliphatic rings. The second kappa shape index (κ2) is 5.00. The quantitative estimate of drug-likeness (QED) is 0.773. The SMILES string of the molecule is Cc1cc(C)cc(OCc2cccc(F)c2)c1. The Hall–Kier alpha value is -1.83. The van der Waals surface area contributed by atoms with E-state index in [9.17, 15) is 4.39 Å². The summed E-state index contributed by atoms with van der Waals surface area (Å²) in [7, 11) is 0. The van der Waals surface area contributed by atoms with Crippen LogP contribution in [0.4, 0.5) is 4.39 Å². The fourth-order valence-electron chi connectivity index (χ4n) is 1.81. The van der Waals surface area contributed by atoms with Gasteiger partial charge in [-0.05, 0) is 54.8 Å². The number of rotatable bonds is 3. The minimum atomic E-state index is -0.230. The Kier molecular flexibility index (Phi) is 3.43. The van der Waals surface area contributed by atoms with Crippen molar-refractivity contribution in [1.82, 2.24) is 0 Å². The highest BCUT2D eigenvalue weighted by Crippen LogP contribution is 2.17. The van der Waals surface area contributed by atoms with Crippen molar-refractivity contribution in [3.05, 3.63) is 65.0 Å². The predicted molar refractivity (Wildman–Crippen MR) is 66.6 cm³/mol. The number of halogens is 1. The first-order valence-corrected chi connectivity index (χ1v) is 5.59. The van der Waals surface area contributed by atoms with E-state index in [4.69, 9.17) is 4.74 Å². The molecule has 0 fully saturated rings. The third kappa shape index (κ3) is 3.31. The van der Waals surface area contributed by atoms with E-state index in [1.54, 1.807) is 6.07 Å². The molecule has 0 aliphatic heterocycles. The van der Waals surface area contributed by atoms with Crippen molar-refractivity contribution in [1.29, 1.82) is 0 Å². The zero-order chi connectivity index (χ0) is 12.3. The summed E-state index contributed by atoms with van der Waals surface area (Å²) in [6, 6.07) is 12.5. The highest BCUT2D eigenvalue weighted by molar-refractivity contribution is 5.33. The van der Waals surface area contributed by atoms with Crippen molar-refractivity contribution in [3.63, 3.8) is 0 Å². The summed E-state index contributed by atoms with van der Waals surface area (Å²) in [5.74, 6) is 0.596. The molecule has 17 heavy (non-hydrogen) atoms. The van der Waals surface area contributed by atoms with Crippen LogP contribution in [-0.4, -0.2) is 0 Å². The van der Waals surface area contributed by atoms with Crippen LogP contribution in [0.25, 0.3) is 0 Å². The fraction of sp³-hybridized carbons (Fsp3) is 0.200. The molecule has 88 valence electrons. The Morgan fingerprint density at radius 1 is 1.00 bits per heavy atom. The molecule has 0 saturated carbocycles. The number of benzene rings is 2. The van der Waals surface area contributed by atoms with Crippen LogP contribution in [0.5, 0.6) is 5.75 Å². The monoisotopic (exact) mass is 230 g/mol. The molecule has 0 heterocycles. The summed E-state index contributed by atoms with van der Waals surface area (Å²) >= 11 is 0. The molecule has 0 bridgehead atoms. The third-order valence-electron chi connectivity index (χ3n) is 2.49. The summed E-state index contributed by atoms with van der Waals surface area (Å²) < 4.78 is 18.6. The number of hydrogen-bond acceptors (Lipinski definition) is 1. The van der Waals surface area contributed by atoms with Crippen LogP contribution in [0.1, 0.15) is 16.7 Å². The second-order valence-electron chi connectivity index (χ2n) is 4.24. The molecule has 2 rings (SSSR count). The van der Waals surface area contributed by atoms with E-state index in [-0.39, 0.29) is 5.82 Å². The van der Waals surface area contributed by atoms with Gasteiger partial charge in [0.2, 0.25) is 0 Å². The van der Waals surface area contributed by atoms with Gasteiger partial charge in [0.25, 0.3) is 0 Å². The molecule has 0 amide bonds. The van der Waals surface area contributed by atoms with Gasteiger partial charge in [-0.3, -0.25) is 0 Å². The molecule has 0 unspecified atom stereocenters. The van der Waals surface area contributed by atoms with Gasteiger partial charge in [0.15, 0.2) is 0 Å². The number of hydrogen-bond donors (Lipinski definition) is 0. The van der Waals surface area contributed by atoms with Crippen LogP contribution >= 0.6 is 0 Å². The maximum Gasteiger partial charge on any atom is 0.123 e. The summed E-state index contributed by atoms with van der Waals surface area (Å²) in [4.78, 5) is 0. The predicted octanol–water partition coefficient (Wildman–Crippen LogP) is 4.02. The van der Waals surface area contributed by atoms with Crippen LogP contribution in [0.3, 0.4) is 0 Å². The molecule has 0 aliphatic carbocycles. The molecule has 0 spiro atoms. The number of ether oxygens (including phenoxy) is 1. The van der Waals surface area contributed by atoms with Crippen molar-refractivity contribution in [2.45, 2.75) is 20.5 Å². The maximum atomic E-state index is 13.0. The summed E-state index contributed by atoms with van der Waals surface area (Å²) in [6.45, 7) is 4.45. The van der Waals surface area contributed by atoms with Crippen molar-refractivity contribution >= 4 is 0 Å². The first-order valence-electron chi connectivity index (χ1n) is 5.59. The zero-order valence-electron chi connectivity index (χ0n) is 10.0. The van der Waals surface area contributed by atoms with E-state index in [2.05, 4.69) is 6.07 Å². The second-order valence-corrected chi connectivity index (χ2v) is 4.24. The summed E-state index contributed by atoms with van der Waals surface area (Å²) in [5.41, 5.74) is 3.17. The topological polar surface area (TPSA) is 9.23 Å². The minimum Gasteiger partial charge on any atom is -0.489 e. The Balaban J connectivity index is 2.07. The normalized spacial score (nSPS) is 10.3. The average Bonchev–Trinajstić information content (AvgIpc) is 2.25. The van der Waals surface area contributed by atoms with Crippen molar-refractivity contribution in [2.24, 2.45) is 0 Å². The molecule has 0 N–H and O–H groups in total. The Labute approximate surface area is 101 Å². The molecular formula is C15H15FO. The zero-order valence-corrected chi connectivity index (χ0v) is 10.0. The molecule has 2 aromatic rings. The van der Waals surface area contributed by atoms with Gasteiger partial charge in [0, 0.05) is 0 Å². The number of aryl methyl sites for hydroxylation is 2. The molecule has 0 saturated heterocycles. The Morgan fingerprint density at radius 2 is 1.71 bits per heavy atom. The summed E-state index contributed by atoms with van der Waals surface area (Å²) in [6.07, 6.45) is 0. The molecule has 1 nitrogen and oxygen atoms in total. The van der Waals surface area contributed by atoms with Crippen molar-refractivity contribution < 1.29 is 9.13 Å². The molecule has 2 aromatic carbocycles. The highest BCUT2D eigenvalue weighted by Gasteiger charge is 1.99. The standard InChI is InChI=1S/C15H15FO/c1-11-6-12(2)8-15(7-11)17-10-13-4-3-5-14(16)9-13/h3-9H,10H2,1-2H3. The average molecular weight is 230 g/mol. The van der Waals surface area contributed by atoms with Gasteiger partial charge in [-0.25, -0.2) is 4.39 Å². The van der Waals surface area contributed by atoms with Crippen molar-refractivity contribution in [3.8, 4) is 5.75 Å². The van der Waals surface area contributed by atoms with Gasteiger partial charge in [0.05, 0.1) is 0 Å². The highest BCUT2D eigenvalue weighted by atomic mass is 19.1. The lowest BCUT2D eigenvalue weighted by Crippen LogP contribution is -1.96. The van der Waals surface area contributed by atoms with E-state index in [1.165, 1.54) is 23.3 Å². The fourth-order valence-corrected chi connectivity index (χ4v) is 1.81. The van der Waals surface area contributed by atoms with Gasteiger partial charge in [-0.1, -0.05) is 18.2 Å². The van der Waals surface area contributed by atoms with E-state index >= 15 is 0 Å². The molecule has 2 heteroatoms. The molecular weight excluding hydrogens is 215 g/mol. The van der Waals surface area contributed by atoms with Crippen LogP contribution in [0, 0.1) is 19.7 Å². The van der Waals surface area contributed by atoms with E-state index in [1.807, 2.05) is 32.0 Å². The third-order valence-corrected chi connectivity index (χ3v) is 2.49. The van der Waals surface area contributed by atoms with Gasteiger partial charge >= 0.3 is 0 Å². The largest absolute Gasteiger partial charge is 0.489 e. The smallest absolute Gasteiger partial charge is 0.123 e. The van der Waals surface area contributed by atoms with Gasteiger partial charge in [-0.15, -0.1) is 0 Å². The molecule has 0 radical (unpaired) electrons. The van der Waals surface area contributed by atoms with Crippen LogP contribution < -0.4 is 4.74 Å².